The Balaban J connectivity index is 1.97. The molecule has 24 heavy (non-hydrogen) atoms. The lowest BCUT2D eigenvalue weighted by atomic mass is 10.1. The Bertz CT molecular complexity index is 829. The molecule has 2 aromatic rings. The highest BCUT2D eigenvalue weighted by Crippen LogP contribution is 2.08. The van der Waals surface area contributed by atoms with Gasteiger partial charge in [0.2, 0.25) is 0 Å². The molecule has 0 bridgehead atoms. The lowest BCUT2D eigenvalue weighted by molar-refractivity contribution is -0.142. The standard InChI is InChI=1S/C17H13N5O2/c1-22(11-13-4-2-12(8-18)3-5-13)17(24)16(23)21-15-7-6-14(9-19)20-10-15/h2-7,10H,11H2,1H3,(H,21,23). The van der Waals surface area contributed by atoms with Crippen LogP contribution in [-0.4, -0.2) is 28.7 Å². The maximum absolute atomic E-state index is 12.1. The molecule has 0 fully saturated rings. The molecule has 1 aromatic carbocycles. The number of hydrogen-bond acceptors (Lipinski definition) is 5. The lowest BCUT2D eigenvalue weighted by Crippen LogP contribution is -2.36. The molecule has 1 aromatic heterocycles. The van der Waals surface area contributed by atoms with Gasteiger partial charge in [0.15, 0.2) is 0 Å². The molecule has 1 heterocycles. The average molecular weight is 319 g/mol. The first-order valence-corrected chi connectivity index (χ1v) is 6.95. The highest BCUT2D eigenvalue weighted by molar-refractivity contribution is 6.39. The van der Waals surface area contributed by atoms with Crippen molar-refractivity contribution < 1.29 is 9.59 Å². The van der Waals surface area contributed by atoms with Gasteiger partial charge in [-0.2, -0.15) is 10.5 Å². The van der Waals surface area contributed by atoms with Crippen molar-refractivity contribution in [3.05, 3.63) is 59.4 Å². The van der Waals surface area contributed by atoms with Crippen LogP contribution in [0, 0.1) is 22.7 Å². The molecule has 7 nitrogen and oxygen atoms in total. The number of rotatable bonds is 3. The van der Waals surface area contributed by atoms with Gasteiger partial charge in [0.25, 0.3) is 0 Å². The zero-order valence-electron chi connectivity index (χ0n) is 12.9. The number of likely N-dealkylation sites (N-methyl/N-ethyl adjacent to an activating group) is 1. The zero-order chi connectivity index (χ0) is 17.5. The van der Waals surface area contributed by atoms with Gasteiger partial charge in [-0.05, 0) is 29.8 Å². The normalized spacial score (nSPS) is 9.46. The Labute approximate surface area is 138 Å². The maximum Gasteiger partial charge on any atom is 0.313 e. The number of amides is 2. The van der Waals surface area contributed by atoms with Crippen LogP contribution in [0.4, 0.5) is 5.69 Å². The SMILES string of the molecule is CN(Cc1ccc(C#N)cc1)C(=O)C(=O)Nc1ccc(C#N)nc1. The Morgan fingerprint density at radius 2 is 1.83 bits per heavy atom. The number of aromatic nitrogens is 1. The molecule has 2 amide bonds. The van der Waals surface area contributed by atoms with Crippen LogP contribution in [0.2, 0.25) is 0 Å². The van der Waals surface area contributed by atoms with Gasteiger partial charge in [0, 0.05) is 13.6 Å². The zero-order valence-corrected chi connectivity index (χ0v) is 12.9. The Morgan fingerprint density at radius 1 is 1.12 bits per heavy atom. The topological polar surface area (TPSA) is 110 Å². The molecule has 118 valence electrons. The van der Waals surface area contributed by atoms with Gasteiger partial charge in [-0.25, -0.2) is 4.98 Å². The largest absolute Gasteiger partial charge is 0.333 e. The molecule has 0 aliphatic heterocycles. The monoisotopic (exact) mass is 319 g/mol. The molecular weight excluding hydrogens is 306 g/mol. The fourth-order valence-corrected chi connectivity index (χ4v) is 1.92. The van der Waals surface area contributed by atoms with Gasteiger partial charge in [0.05, 0.1) is 23.5 Å². The van der Waals surface area contributed by atoms with E-state index in [4.69, 9.17) is 10.5 Å². The van der Waals surface area contributed by atoms with Crippen molar-refractivity contribution in [3.63, 3.8) is 0 Å². The fraction of sp³-hybridized carbons (Fsp3) is 0.118. The minimum absolute atomic E-state index is 0.220. The van der Waals surface area contributed by atoms with Crippen molar-refractivity contribution in [2.45, 2.75) is 6.54 Å². The van der Waals surface area contributed by atoms with Crippen molar-refractivity contribution in [3.8, 4) is 12.1 Å². The maximum atomic E-state index is 12.1. The van der Waals surface area contributed by atoms with E-state index in [1.165, 1.54) is 30.3 Å². The number of carbonyl (C=O) groups excluding carboxylic acids is 2. The fourth-order valence-electron chi connectivity index (χ4n) is 1.92. The van der Waals surface area contributed by atoms with Crippen molar-refractivity contribution in [2.24, 2.45) is 0 Å². The average Bonchev–Trinajstić information content (AvgIpc) is 2.62. The van der Waals surface area contributed by atoms with Gasteiger partial charge in [-0.15, -0.1) is 0 Å². The van der Waals surface area contributed by atoms with Crippen LogP contribution >= 0.6 is 0 Å². The van der Waals surface area contributed by atoms with Crippen molar-refractivity contribution in [2.75, 3.05) is 12.4 Å². The van der Waals surface area contributed by atoms with E-state index in [0.717, 1.165) is 5.56 Å². The van der Waals surface area contributed by atoms with Crippen LogP contribution in [0.3, 0.4) is 0 Å². The van der Waals surface area contributed by atoms with Crippen LogP contribution in [0.25, 0.3) is 0 Å². The van der Waals surface area contributed by atoms with Crippen molar-refractivity contribution in [1.29, 1.82) is 10.5 Å². The second-order valence-corrected chi connectivity index (χ2v) is 4.97. The molecule has 0 saturated heterocycles. The van der Waals surface area contributed by atoms with Crippen molar-refractivity contribution >= 4 is 17.5 Å². The summed E-state index contributed by atoms with van der Waals surface area (Å²) < 4.78 is 0. The number of carbonyl (C=O) groups is 2. The number of benzene rings is 1. The lowest BCUT2D eigenvalue weighted by Gasteiger charge is -2.16. The van der Waals surface area contributed by atoms with E-state index < -0.39 is 11.8 Å². The van der Waals surface area contributed by atoms with Gasteiger partial charge >= 0.3 is 11.8 Å². The number of pyridine rings is 1. The summed E-state index contributed by atoms with van der Waals surface area (Å²) in [6.07, 6.45) is 1.31. The molecule has 0 saturated carbocycles. The molecule has 0 radical (unpaired) electrons. The number of nitrogens with zero attached hydrogens (tertiary/aromatic N) is 4. The van der Waals surface area contributed by atoms with Crippen LogP contribution in [0.15, 0.2) is 42.6 Å². The molecule has 7 heteroatoms. The molecule has 0 unspecified atom stereocenters. The third kappa shape index (κ3) is 4.15. The summed E-state index contributed by atoms with van der Waals surface area (Å²) in [5.74, 6) is -1.50. The molecule has 0 atom stereocenters. The van der Waals surface area contributed by atoms with Crippen LogP contribution in [0.5, 0.6) is 0 Å². The van der Waals surface area contributed by atoms with E-state index in [-0.39, 0.29) is 12.2 Å². The molecule has 0 aliphatic rings. The first-order chi connectivity index (χ1) is 11.5. The second kappa shape index (κ2) is 7.52. The summed E-state index contributed by atoms with van der Waals surface area (Å²) >= 11 is 0. The number of hydrogen-bond donors (Lipinski definition) is 1. The second-order valence-electron chi connectivity index (χ2n) is 4.97. The Hall–Kier alpha value is -3.71. The van der Waals surface area contributed by atoms with Gasteiger partial charge in [0.1, 0.15) is 11.8 Å². The van der Waals surface area contributed by atoms with E-state index in [9.17, 15) is 9.59 Å². The third-order valence-electron chi connectivity index (χ3n) is 3.18. The number of nitrogens with one attached hydrogen (secondary N) is 1. The predicted molar refractivity (Wildman–Crippen MR) is 85.2 cm³/mol. The summed E-state index contributed by atoms with van der Waals surface area (Å²) in [6, 6.07) is 13.6. The van der Waals surface area contributed by atoms with Crippen LogP contribution in [0.1, 0.15) is 16.8 Å². The molecule has 1 N–H and O–H groups in total. The van der Waals surface area contributed by atoms with E-state index in [0.29, 0.717) is 11.3 Å². The molecule has 0 aliphatic carbocycles. The number of anilines is 1. The predicted octanol–water partition coefficient (Wildman–Crippen LogP) is 1.42. The van der Waals surface area contributed by atoms with E-state index >= 15 is 0 Å². The van der Waals surface area contributed by atoms with Crippen molar-refractivity contribution in [1.82, 2.24) is 9.88 Å². The minimum atomic E-state index is -0.794. The quantitative estimate of drug-likeness (QED) is 0.860. The Morgan fingerprint density at radius 3 is 2.38 bits per heavy atom. The first-order valence-electron chi connectivity index (χ1n) is 6.95. The van der Waals surface area contributed by atoms with E-state index in [1.807, 2.05) is 12.1 Å². The van der Waals surface area contributed by atoms with Crippen LogP contribution in [-0.2, 0) is 16.1 Å². The summed E-state index contributed by atoms with van der Waals surface area (Å²) in [7, 11) is 1.51. The smallest absolute Gasteiger partial charge is 0.313 e. The van der Waals surface area contributed by atoms with Gasteiger partial charge < -0.3 is 10.2 Å². The summed E-state index contributed by atoms with van der Waals surface area (Å²) in [6.45, 7) is 0.240. The third-order valence-corrected chi connectivity index (χ3v) is 3.18. The summed E-state index contributed by atoms with van der Waals surface area (Å²) in [4.78, 5) is 29.1. The van der Waals surface area contributed by atoms with E-state index in [2.05, 4.69) is 10.3 Å². The summed E-state index contributed by atoms with van der Waals surface area (Å²) in [5.41, 5.74) is 1.88. The highest BCUT2D eigenvalue weighted by Gasteiger charge is 2.19. The molecule has 0 spiro atoms. The van der Waals surface area contributed by atoms with Crippen LogP contribution < -0.4 is 5.32 Å². The highest BCUT2D eigenvalue weighted by atomic mass is 16.2. The molecule has 2 rings (SSSR count). The minimum Gasteiger partial charge on any atom is -0.333 e. The first kappa shape index (κ1) is 16.7. The number of nitriles is 2. The van der Waals surface area contributed by atoms with E-state index in [1.54, 1.807) is 24.3 Å². The summed E-state index contributed by atoms with van der Waals surface area (Å²) in [5, 5.41) is 19.9. The van der Waals surface area contributed by atoms with Gasteiger partial charge in [-0.1, -0.05) is 12.1 Å². The Kier molecular flexibility index (Phi) is 5.22. The molecular formula is C17H13N5O2. The van der Waals surface area contributed by atoms with Gasteiger partial charge in [-0.3, -0.25) is 9.59 Å².